The highest BCUT2D eigenvalue weighted by Crippen LogP contribution is 2.05. The lowest BCUT2D eigenvalue weighted by Crippen LogP contribution is -2.44. The fourth-order valence-electron chi connectivity index (χ4n) is 1.06. The van der Waals surface area contributed by atoms with E-state index in [-0.39, 0.29) is 18.9 Å². The average Bonchev–Trinajstić information content (AvgIpc) is 2.33. The maximum Gasteiger partial charge on any atom is 0.426 e. The van der Waals surface area contributed by atoms with E-state index in [0.717, 1.165) is 0 Å². The number of rotatable bonds is 8. The number of hydrogen-bond donors (Lipinski definition) is 3. The first-order valence-corrected chi connectivity index (χ1v) is 6.48. The van der Waals surface area contributed by atoms with Crippen LogP contribution in [0.3, 0.4) is 0 Å². The fraction of sp³-hybridized carbons (Fsp3) is 0.833. The van der Waals surface area contributed by atoms with Gasteiger partial charge in [0.1, 0.15) is 5.60 Å². The highest BCUT2D eigenvalue weighted by molar-refractivity contribution is 5.79. The Kier molecular flexibility index (Phi) is 9.69. The lowest BCUT2D eigenvalue weighted by Gasteiger charge is -2.19. The second-order valence-electron chi connectivity index (χ2n) is 4.94. The molecule has 0 unspecified atom stereocenters. The third-order valence-corrected chi connectivity index (χ3v) is 1.81. The smallest absolute Gasteiger partial charge is 0.426 e. The minimum Gasteiger partial charge on any atom is -0.443 e. The summed E-state index contributed by atoms with van der Waals surface area (Å²) in [5.41, 5.74) is 9.01. The summed E-state index contributed by atoms with van der Waals surface area (Å²) in [7, 11) is 0. The van der Waals surface area contributed by atoms with Crippen molar-refractivity contribution in [1.82, 2.24) is 10.9 Å². The van der Waals surface area contributed by atoms with E-state index >= 15 is 0 Å². The minimum absolute atomic E-state index is 0.132. The Balaban J connectivity index is 3.48. The molecule has 0 bridgehead atoms. The molecule has 118 valence electrons. The Morgan fingerprint density at radius 2 is 1.60 bits per heavy atom. The van der Waals surface area contributed by atoms with E-state index < -0.39 is 11.7 Å². The van der Waals surface area contributed by atoms with Crippen LogP contribution in [0.5, 0.6) is 0 Å². The first-order chi connectivity index (χ1) is 9.35. The lowest BCUT2D eigenvalue weighted by atomic mass is 10.2. The third-order valence-electron chi connectivity index (χ3n) is 1.81. The number of carbonyl (C=O) groups is 2. The van der Waals surface area contributed by atoms with Crippen LogP contribution in [0.4, 0.5) is 4.79 Å². The van der Waals surface area contributed by atoms with E-state index in [2.05, 4.69) is 10.9 Å². The van der Waals surface area contributed by atoms with Crippen LogP contribution >= 0.6 is 0 Å². The van der Waals surface area contributed by atoms with Gasteiger partial charge in [0.15, 0.2) is 0 Å². The number of hydrazine groups is 1. The summed E-state index contributed by atoms with van der Waals surface area (Å²) >= 11 is 0. The Morgan fingerprint density at radius 1 is 1.00 bits per heavy atom. The molecule has 0 saturated heterocycles. The maximum absolute atomic E-state index is 11.3. The monoisotopic (exact) mass is 291 g/mol. The van der Waals surface area contributed by atoms with E-state index in [1.807, 2.05) is 0 Å². The summed E-state index contributed by atoms with van der Waals surface area (Å²) in [6.07, 6.45) is -0.575. The standard InChI is InChI=1S/C12H25N3O5/c1-12(2,3)20-11(17)15-14-10(16)4-6-18-8-9-19-7-5-13/h4-9,13H2,1-3H3,(H,14,16)(H,15,17). The van der Waals surface area contributed by atoms with Crippen LogP contribution in [-0.4, -0.2) is 50.6 Å². The van der Waals surface area contributed by atoms with E-state index in [1.165, 1.54) is 0 Å². The second kappa shape index (κ2) is 10.4. The normalized spacial score (nSPS) is 11.0. The van der Waals surface area contributed by atoms with Crippen LogP contribution < -0.4 is 16.6 Å². The Bertz CT molecular complexity index is 291. The summed E-state index contributed by atoms with van der Waals surface area (Å²) in [6.45, 7) is 7.23. The molecule has 0 heterocycles. The molecular weight excluding hydrogens is 266 g/mol. The molecule has 0 aromatic rings. The molecule has 0 aliphatic carbocycles. The van der Waals surface area contributed by atoms with Gasteiger partial charge in [0.2, 0.25) is 5.91 Å². The van der Waals surface area contributed by atoms with Gasteiger partial charge >= 0.3 is 6.09 Å². The van der Waals surface area contributed by atoms with Crippen molar-refractivity contribution in [1.29, 1.82) is 0 Å². The topological polar surface area (TPSA) is 112 Å². The third kappa shape index (κ3) is 13.1. The zero-order chi connectivity index (χ0) is 15.4. The number of nitrogens with one attached hydrogen (secondary N) is 2. The average molecular weight is 291 g/mol. The molecule has 0 aromatic carbocycles. The summed E-state index contributed by atoms with van der Waals surface area (Å²) in [5.74, 6) is -0.362. The minimum atomic E-state index is -0.707. The summed E-state index contributed by atoms with van der Waals surface area (Å²) in [4.78, 5) is 22.6. The molecule has 2 amide bonds. The number of amides is 2. The van der Waals surface area contributed by atoms with Crippen molar-refractivity contribution in [3.63, 3.8) is 0 Å². The van der Waals surface area contributed by atoms with Crippen molar-refractivity contribution >= 4 is 12.0 Å². The maximum atomic E-state index is 11.3. The number of ether oxygens (including phenoxy) is 3. The van der Waals surface area contributed by atoms with Gasteiger partial charge in [-0.05, 0) is 20.8 Å². The van der Waals surface area contributed by atoms with Crippen molar-refractivity contribution in [2.24, 2.45) is 5.73 Å². The molecule has 0 aliphatic heterocycles. The molecule has 0 fully saturated rings. The molecule has 0 aromatic heterocycles. The Morgan fingerprint density at radius 3 is 2.15 bits per heavy atom. The Labute approximate surface area is 119 Å². The van der Waals surface area contributed by atoms with Crippen LogP contribution in [0.25, 0.3) is 0 Å². The SMILES string of the molecule is CC(C)(C)OC(=O)NNC(=O)CCOCCOCCN. The van der Waals surface area contributed by atoms with Gasteiger partial charge in [-0.2, -0.15) is 0 Å². The second-order valence-corrected chi connectivity index (χ2v) is 4.94. The first-order valence-electron chi connectivity index (χ1n) is 6.48. The van der Waals surface area contributed by atoms with Crippen LogP contribution in [-0.2, 0) is 19.0 Å². The van der Waals surface area contributed by atoms with Crippen LogP contribution in [0.15, 0.2) is 0 Å². The molecule has 0 saturated carbocycles. The largest absolute Gasteiger partial charge is 0.443 e. The lowest BCUT2D eigenvalue weighted by molar-refractivity contribution is -0.123. The summed E-state index contributed by atoms with van der Waals surface area (Å²) in [5, 5.41) is 0. The molecule has 0 aliphatic rings. The van der Waals surface area contributed by atoms with E-state index in [9.17, 15) is 9.59 Å². The van der Waals surface area contributed by atoms with Crippen LogP contribution in [0, 0.1) is 0 Å². The van der Waals surface area contributed by atoms with Crippen molar-refractivity contribution in [3.8, 4) is 0 Å². The van der Waals surface area contributed by atoms with Gasteiger partial charge in [-0.25, -0.2) is 10.2 Å². The summed E-state index contributed by atoms with van der Waals surface area (Å²) < 4.78 is 15.2. The van der Waals surface area contributed by atoms with Gasteiger partial charge in [-0.3, -0.25) is 10.2 Å². The van der Waals surface area contributed by atoms with Gasteiger partial charge in [-0.1, -0.05) is 0 Å². The molecule has 0 rings (SSSR count). The number of carbonyl (C=O) groups excluding carboxylic acids is 2. The van der Waals surface area contributed by atoms with Crippen molar-refractivity contribution in [2.75, 3.05) is 33.0 Å². The van der Waals surface area contributed by atoms with Crippen LogP contribution in [0.2, 0.25) is 0 Å². The van der Waals surface area contributed by atoms with Crippen molar-refractivity contribution in [3.05, 3.63) is 0 Å². The number of nitrogens with two attached hydrogens (primary N) is 1. The highest BCUT2D eigenvalue weighted by Gasteiger charge is 2.16. The molecule has 0 radical (unpaired) electrons. The number of hydrogen-bond acceptors (Lipinski definition) is 6. The van der Waals surface area contributed by atoms with E-state index in [4.69, 9.17) is 19.9 Å². The quantitative estimate of drug-likeness (QED) is 0.426. The predicted octanol–water partition coefficient (Wildman–Crippen LogP) is -0.0757. The Hall–Kier alpha value is -1.38. The van der Waals surface area contributed by atoms with Gasteiger partial charge in [0.05, 0.1) is 32.8 Å². The first kappa shape index (κ1) is 18.6. The molecule has 0 atom stereocenters. The van der Waals surface area contributed by atoms with E-state index in [0.29, 0.717) is 26.4 Å². The zero-order valence-electron chi connectivity index (χ0n) is 12.4. The van der Waals surface area contributed by atoms with Gasteiger partial charge in [-0.15, -0.1) is 0 Å². The van der Waals surface area contributed by atoms with E-state index in [1.54, 1.807) is 20.8 Å². The molecule has 8 heteroatoms. The van der Waals surface area contributed by atoms with Crippen LogP contribution in [0.1, 0.15) is 27.2 Å². The van der Waals surface area contributed by atoms with Gasteiger partial charge in [0.25, 0.3) is 0 Å². The molecule has 0 spiro atoms. The van der Waals surface area contributed by atoms with Gasteiger partial charge < -0.3 is 19.9 Å². The summed E-state index contributed by atoms with van der Waals surface area (Å²) in [6, 6.07) is 0. The van der Waals surface area contributed by atoms with Gasteiger partial charge in [0, 0.05) is 6.54 Å². The highest BCUT2D eigenvalue weighted by atomic mass is 16.6. The predicted molar refractivity (Wildman–Crippen MR) is 72.8 cm³/mol. The zero-order valence-corrected chi connectivity index (χ0v) is 12.4. The molecule has 20 heavy (non-hydrogen) atoms. The molecule has 8 nitrogen and oxygen atoms in total. The van der Waals surface area contributed by atoms with Crippen molar-refractivity contribution < 1.29 is 23.8 Å². The van der Waals surface area contributed by atoms with Crippen molar-refractivity contribution in [2.45, 2.75) is 32.8 Å². The molecular formula is C12H25N3O5. The fourth-order valence-corrected chi connectivity index (χ4v) is 1.06. The molecule has 4 N–H and O–H groups in total.